The van der Waals surface area contributed by atoms with E-state index in [1.165, 1.54) is 0 Å². The van der Waals surface area contributed by atoms with Crippen LogP contribution in [0.3, 0.4) is 0 Å². The molecule has 0 aliphatic rings. The van der Waals surface area contributed by atoms with E-state index in [9.17, 15) is 0 Å². The largest absolute Gasteiger partial charge is 0.359 e. The number of hydrogen-bond donors (Lipinski definition) is 0. The Morgan fingerprint density at radius 3 is 2.89 bits per heavy atom. The second kappa shape index (κ2) is 9.42. The van der Waals surface area contributed by atoms with Gasteiger partial charge in [-0.1, -0.05) is 28.1 Å². The molecular weight excluding hydrogens is 326 g/mol. The number of alkyl halides is 1. The first-order valence-electron chi connectivity index (χ1n) is 6.09. The minimum absolute atomic E-state index is 0.0252. The Labute approximate surface area is 127 Å². The van der Waals surface area contributed by atoms with Crippen LogP contribution in [0.4, 0.5) is 0 Å². The molecular formula is C14H20BrNO2S. The molecule has 3 nitrogen and oxygen atoms in total. The van der Waals surface area contributed by atoms with Gasteiger partial charge in [0.1, 0.15) is 6.79 Å². The van der Waals surface area contributed by atoms with Crippen LogP contribution >= 0.6 is 27.3 Å². The summed E-state index contributed by atoms with van der Waals surface area (Å²) in [5.74, 6) is 0. The monoisotopic (exact) mass is 345 g/mol. The fourth-order valence-electron chi connectivity index (χ4n) is 1.59. The van der Waals surface area contributed by atoms with Crippen LogP contribution in [0.1, 0.15) is 24.0 Å². The van der Waals surface area contributed by atoms with E-state index in [-0.39, 0.29) is 6.10 Å². The molecule has 1 rings (SSSR count). The van der Waals surface area contributed by atoms with E-state index in [1.807, 2.05) is 6.92 Å². The van der Waals surface area contributed by atoms with Gasteiger partial charge in [0.15, 0.2) is 0 Å². The van der Waals surface area contributed by atoms with Crippen LogP contribution in [0.2, 0.25) is 0 Å². The summed E-state index contributed by atoms with van der Waals surface area (Å²) in [7, 11) is 1.63. The molecule has 0 aliphatic heterocycles. The van der Waals surface area contributed by atoms with Gasteiger partial charge in [0.2, 0.25) is 0 Å². The minimum atomic E-state index is 0.0252. The zero-order chi connectivity index (χ0) is 14.1. The highest BCUT2D eigenvalue weighted by Gasteiger charge is 2.10. The minimum Gasteiger partial charge on any atom is -0.359 e. The lowest BCUT2D eigenvalue weighted by molar-refractivity contribution is -0.0575. The smallest absolute Gasteiger partial charge is 0.147 e. The predicted octanol–water partition coefficient (Wildman–Crippen LogP) is 4.19. The van der Waals surface area contributed by atoms with Gasteiger partial charge in [-0.05, 0) is 31.9 Å². The van der Waals surface area contributed by atoms with Crippen LogP contribution in [0.15, 0.2) is 23.1 Å². The van der Waals surface area contributed by atoms with E-state index >= 15 is 0 Å². The molecule has 0 saturated carbocycles. The lowest BCUT2D eigenvalue weighted by Gasteiger charge is -2.16. The highest BCUT2D eigenvalue weighted by atomic mass is 79.9. The van der Waals surface area contributed by atoms with E-state index in [1.54, 1.807) is 18.4 Å². The number of thiazole rings is 1. The number of nitrogens with zero attached hydrogens (tertiary/aromatic N) is 1. The molecule has 0 N–H and O–H groups in total. The summed E-state index contributed by atoms with van der Waals surface area (Å²) in [6.45, 7) is 4.38. The van der Waals surface area contributed by atoms with E-state index in [0.29, 0.717) is 6.79 Å². The van der Waals surface area contributed by atoms with Gasteiger partial charge in [0, 0.05) is 17.8 Å². The van der Waals surface area contributed by atoms with Crippen molar-refractivity contribution in [1.29, 1.82) is 0 Å². The molecule has 0 radical (unpaired) electrons. The first-order valence-corrected chi connectivity index (χ1v) is 8.09. The first-order chi connectivity index (χ1) is 9.17. The second-order valence-corrected chi connectivity index (χ2v) is 5.81. The number of allylic oxidation sites excluding steroid dienone is 1. The van der Waals surface area contributed by atoms with Crippen molar-refractivity contribution in [3.63, 3.8) is 0 Å². The molecule has 0 aliphatic carbocycles. The van der Waals surface area contributed by atoms with Crippen LogP contribution in [0.25, 0.3) is 6.08 Å². The molecule has 0 unspecified atom stereocenters. The molecule has 0 bridgehead atoms. The lowest BCUT2D eigenvalue weighted by Crippen LogP contribution is -2.15. The molecule has 0 fully saturated rings. The van der Waals surface area contributed by atoms with Crippen molar-refractivity contribution in [3.05, 3.63) is 33.8 Å². The summed E-state index contributed by atoms with van der Waals surface area (Å²) >= 11 is 5.03. The number of methoxy groups -OCH3 is 1. The Kier molecular flexibility index (Phi) is 8.21. The van der Waals surface area contributed by atoms with Crippen molar-refractivity contribution < 1.29 is 9.47 Å². The Morgan fingerprint density at radius 2 is 2.32 bits per heavy atom. The second-order valence-electron chi connectivity index (χ2n) is 4.10. The third-order valence-corrected chi connectivity index (χ3v) is 3.68. The van der Waals surface area contributed by atoms with Gasteiger partial charge in [0.05, 0.1) is 16.8 Å². The summed E-state index contributed by atoms with van der Waals surface area (Å²) in [5, 5.41) is 3.99. The molecule has 0 spiro atoms. The summed E-state index contributed by atoms with van der Waals surface area (Å²) in [6.07, 6.45) is 7.12. The van der Waals surface area contributed by atoms with Gasteiger partial charge in [-0.2, -0.15) is 0 Å². The molecule has 1 atom stereocenters. The van der Waals surface area contributed by atoms with Crippen LogP contribution in [-0.4, -0.2) is 30.3 Å². The Morgan fingerprint density at radius 1 is 1.53 bits per heavy atom. The van der Waals surface area contributed by atoms with E-state index < -0.39 is 0 Å². The van der Waals surface area contributed by atoms with Gasteiger partial charge in [-0.25, -0.2) is 4.98 Å². The molecule has 1 aromatic rings. The van der Waals surface area contributed by atoms with Gasteiger partial charge < -0.3 is 9.47 Å². The maximum absolute atomic E-state index is 5.70. The van der Waals surface area contributed by atoms with Crippen LogP contribution < -0.4 is 0 Å². The number of hydrogen-bond acceptors (Lipinski definition) is 4. The van der Waals surface area contributed by atoms with Gasteiger partial charge in [-0.15, -0.1) is 11.3 Å². The van der Waals surface area contributed by atoms with E-state index in [0.717, 1.165) is 28.0 Å². The number of ether oxygens (including phenoxy) is 2. The topological polar surface area (TPSA) is 31.4 Å². The molecule has 5 heteroatoms. The fourth-order valence-corrected chi connectivity index (χ4v) is 2.43. The highest BCUT2D eigenvalue weighted by Crippen LogP contribution is 2.17. The summed E-state index contributed by atoms with van der Waals surface area (Å²) in [6, 6.07) is 0. The highest BCUT2D eigenvalue weighted by molar-refractivity contribution is 9.09. The van der Waals surface area contributed by atoms with Crippen LogP contribution in [0, 0.1) is 6.92 Å². The number of halogens is 1. The van der Waals surface area contributed by atoms with Crippen molar-refractivity contribution in [3.8, 4) is 0 Å². The van der Waals surface area contributed by atoms with Crippen LogP contribution in [0.5, 0.6) is 0 Å². The average molecular weight is 346 g/mol. The maximum atomic E-state index is 5.70. The predicted molar refractivity (Wildman–Crippen MR) is 84.8 cm³/mol. The van der Waals surface area contributed by atoms with Crippen molar-refractivity contribution >= 4 is 33.3 Å². The molecule has 1 aromatic heterocycles. The first kappa shape index (κ1) is 16.6. The SMILES string of the molecule is COCO[C@@H](C/C=C\CBr)/C(C)=C/c1csc(C)n1. The van der Waals surface area contributed by atoms with Crippen molar-refractivity contribution in [2.75, 3.05) is 19.2 Å². The molecule has 106 valence electrons. The molecule has 0 amide bonds. The third kappa shape index (κ3) is 6.47. The lowest BCUT2D eigenvalue weighted by atomic mass is 10.1. The van der Waals surface area contributed by atoms with Crippen molar-refractivity contribution in [2.24, 2.45) is 0 Å². The Hall–Kier alpha value is -0.490. The molecule has 1 heterocycles. The van der Waals surface area contributed by atoms with Crippen molar-refractivity contribution in [2.45, 2.75) is 26.4 Å². The van der Waals surface area contributed by atoms with Gasteiger partial charge >= 0.3 is 0 Å². The molecule has 0 saturated heterocycles. The Bertz CT molecular complexity index is 429. The maximum Gasteiger partial charge on any atom is 0.147 e. The molecule has 0 aromatic carbocycles. The zero-order valence-corrected chi connectivity index (χ0v) is 14.0. The number of aromatic nitrogens is 1. The summed E-state index contributed by atoms with van der Waals surface area (Å²) in [4.78, 5) is 4.44. The average Bonchev–Trinajstić information content (AvgIpc) is 2.79. The molecule has 19 heavy (non-hydrogen) atoms. The van der Waals surface area contributed by atoms with Gasteiger partial charge in [-0.3, -0.25) is 0 Å². The summed E-state index contributed by atoms with van der Waals surface area (Å²) < 4.78 is 10.7. The van der Waals surface area contributed by atoms with Gasteiger partial charge in [0.25, 0.3) is 0 Å². The summed E-state index contributed by atoms with van der Waals surface area (Å²) in [5.41, 5.74) is 2.15. The third-order valence-electron chi connectivity index (χ3n) is 2.51. The number of rotatable bonds is 8. The number of aryl methyl sites for hydroxylation is 1. The quantitative estimate of drug-likeness (QED) is 0.402. The van der Waals surface area contributed by atoms with E-state index in [4.69, 9.17) is 9.47 Å². The van der Waals surface area contributed by atoms with E-state index in [2.05, 4.69) is 51.4 Å². The fraction of sp³-hybridized carbons (Fsp3) is 0.500. The Balaban J connectivity index is 2.71. The standard InChI is InChI=1S/C14H20BrNO2S/c1-11(8-13-9-19-12(2)16-13)14(18-10-17-3)6-4-5-7-15/h4-5,8-9,14H,6-7,10H2,1-3H3/b5-4-,11-8+/t14-/m0/s1. The van der Waals surface area contributed by atoms with Crippen LogP contribution in [-0.2, 0) is 9.47 Å². The normalized spacial score (nSPS) is 14.2. The zero-order valence-electron chi connectivity index (χ0n) is 11.6. The van der Waals surface area contributed by atoms with Crippen molar-refractivity contribution in [1.82, 2.24) is 4.98 Å².